The molecule has 1 heterocycles. The molecule has 1 aromatic carbocycles. The van der Waals surface area contributed by atoms with Crippen molar-refractivity contribution in [2.75, 3.05) is 20.1 Å². The maximum absolute atomic E-state index is 5.94. The van der Waals surface area contributed by atoms with Crippen molar-refractivity contribution >= 4 is 0 Å². The van der Waals surface area contributed by atoms with Gasteiger partial charge in [-0.1, -0.05) is 38.1 Å². The topological polar surface area (TPSA) is 29.3 Å². The minimum absolute atomic E-state index is 0.505. The van der Waals surface area contributed by atoms with Gasteiger partial charge in [-0.2, -0.15) is 0 Å². The van der Waals surface area contributed by atoms with Gasteiger partial charge in [0.25, 0.3) is 0 Å². The van der Waals surface area contributed by atoms with Crippen LogP contribution in [0.1, 0.15) is 49.8 Å². The second-order valence-corrected chi connectivity index (χ2v) is 5.88. The first-order valence-corrected chi connectivity index (χ1v) is 7.13. The van der Waals surface area contributed by atoms with Gasteiger partial charge >= 0.3 is 0 Å². The van der Waals surface area contributed by atoms with Crippen molar-refractivity contribution in [1.82, 2.24) is 4.90 Å². The zero-order valence-corrected chi connectivity index (χ0v) is 11.9. The molecule has 0 amide bonds. The molecule has 1 aromatic rings. The molecule has 1 aliphatic heterocycles. The van der Waals surface area contributed by atoms with Gasteiger partial charge in [-0.15, -0.1) is 0 Å². The average molecular weight is 246 g/mol. The van der Waals surface area contributed by atoms with E-state index in [1.807, 2.05) is 0 Å². The number of likely N-dealkylation sites (tertiary alicyclic amines) is 1. The first-order chi connectivity index (χ1) is 8.63. The van der Waals surface area contributed by atoms with Gasteiger partial charge in [0.15, 0.2) is 0 Å². The lowest BCUT2D eigenvalue weighted by atomic mass is 9.84. The van der Waals surface area contributed by atoms with Crippen molar-refractivity contribution in [3.63, 3.8) is 0 Å². The molecule has 1 saturated heterocycles. The number of nitrogens with two attached hydrogens (primary N) is 1. The zero-order valence-electron chi connectivity index (χ0n) is 11.9. The minimum Gasteiger partial charge on any atom is -0.330 e. The van der Waals surface area contributed by atoms with Crippen LogP contribution >= 0.6 is 0 Å². The molecule has 0 spiro atoms. The number of benzene rings is 1. The van der Waals surface area contributed by atoms with Crippen LogP contribution in [0.3, 0.4) is 0 Å². The molecular weight excluding hydrogens is 220 g/mol. The van der Waals surface area contributed by atoms with E-state index in [-0.39, 0.29) is 0 Å². The summed E-state index contributed by atoms with van der Waals surface area (Å²) < 4.78 is 0. The summed E-state index contributed by atoms with van der Waals surface area (Å²) in [4.78, 5) is 2.46. The summed E-state index contributed by atoms with van der Waals surface area (Å²) in [5.74, 6) is 1.21. The molecule has 0 aliphatic carbocycles. The molecule has 1 fully saturated rings. The van der Waals surface area contributed by atoms with Crippen molar-refractivity contribution in [1.29, 1.82) is 0 Å². The molecule has 0 saturated carbocycles. The highest BCUT2D eigenvalue weighted by Crippen LogP contribution is 2.34. The standard InChI is InChI=1S/C16H26N2/c1-12(2)13-6-8-14(9-7-13)16-15(11-17)5-4-10-18(16)3/h6-9,12,15-16H,4-5,10-11,17H2,1-3H3. The molecule has 1 aliphatic rings. The van der Waals surface area contributed by atoms with Crippen LogP contribution in [0.25, 0.3) is 0 Å². The Hall–Kier alpha value is -0.860. The third-order valence-electron chi connectivity index (χ3n) is 4.25. The van der Waals surface area contributed by atoms with Crippen molar-refractivity contribution in [2.24, 2.45) is 11.7 Å². The fraction of sp³-hybridized carbons (Fsp3) is 0.625. The highest BCUT2D eigenvalue weighted by molar-refractivity contribution is 5.27. The third-order valence-corrected chi connectivity index (χ3v) is 4.25. The van der Waals surface area contributed by atoms with Crippen LogP contribution in [0, 0.1) is 5.92 Å². The fourth-order valence-electron chi connectivity index (χ4n) is 3.11. The first-order valence-electron chi connectivity index (χ1n) is 7.13. The Morgan fingerprint density at radius 2 is 1.94 bits per heavy atom. The second-order valence-electron chi connectivity index (χ2n) is 5.88. The van der Waals surface area contributed by atoms with Gasteiger partial charge < -0.3 is 5.73 Å². The van der Waals surface area contributed by atoms with Crippen LogP contribution in [0.2, 0.25) is 0 Å². The van der Waals surface area contributed by atoms with Crippen LogP contribution in [-0.2, 0) is 0 Å². The van der Waals surface area contributed by atoms with E-state index in [9.17, 15) is 0 Å². The summed E-state index contributed by atoms with van der Waals surface area (Å²) >= 11 is 0. The summed E-state index contributed by atoms with van der Waals surface area (Å²) in [5, 5.41) is 0. The molecule has 0 radical (unpaired) electrons. The molecule has 100 valence electrons. The number of hydrogen-bond acceptors (Lipinski definition) is 2. The van der Waals surface area contributed by atoms with Crippen LogP contribution in [0.15, 0.2) is 24.3 Å². The van der Waals surface area contributed by atoms with E-state index < -0.39 is 0 Å². The van der Waals surface area contributed by atoms with Gasteiger partial charge in [0.2, 0.25) is 0 Å². The molecule has 2 unspecified atom stereocenters. The maximum atomic E-state index is 5.94. The minimum atomic E-state index is 0.505. The molecule has 2 N–H and O–H groups in total. The Labute approximate surface area is 111 Å². The van der Waals surface area contributed by atoms with Crippen LogP contribution < -0.4 is 5.73 Å². The molecular formula is C16H26N2. The molecule has 2 rings (SSSR count). The van der Waals surface area contributed by atoms with Gasteiger partial charge in [-0.05, 0) is 55.9 Å². The van der Waals surface area contributed by atoms with E-state index in [1.165, 1.54) is 30.5 Å². The van der Waals surface area contributed by atoms with Gasteiger partial charge in [-0.3, -0.25) is 4.90 Å². The summed E-state index contributed by atoms with van der Waals surface area (Å²) in [6.45, 7) is 6.46. The quantitative estimate of drug-likeness (QED) is 0.887. The SMILES string of the molecule is CC(C)c1ccc(C2C(CN)CCCN2C)cc1. The Balaban J connectivity index is 2.22. The fourth-order valence-corrected chi connectivity index (χ4v) is 3.11. The van der Waals surface area contributed by atoms with E-state index in [0.29, 0.717) is 17.9 Å². The third kappa shape index (κ3) is 2.76. The smallest absolute Gasteiger partial charge is 0.0385 e. The molecule has 2 heteroatoms. The lowest BCUT2D eigenvalue weighted by Gasteiger charge is -2.39. The van der Waals surface area contributed by atoms with Crippen LogP contribution in [0.4, 0.5) is 0 Å². The monoisotopic (exact) mass is 246 g/mol. The van der Waals surface area contributed by atoms with Crippen molar-refractivity contribution < 1.29 is 0 Å². The van der Waals surface area contributed by atoms with Gasteiger partial charge in [-0.25, -0.2) is 0 Å². The summed E-state index contributed by atoms with van der Waals surface area (Å²) in [6.07, 6.45) is 2.54. The van der Waals surface area contributed by atoms with Crippen LogP contribution in [0.5, 0.6) is 0 Å². The van der Waals surface area contributed by atoms with E-state index in [4.69, 9.17) is 5.73 Å². The lowest BCUT2D eigenvalue weighted by Crippen LogP contribution is -2.39. The van der Waals surface area contributed by atoms with Gasteiger partial charge in [0, 0.05) is 6.04 Å². The van der Waals surface area contributed by atoms with E-state index >= 15 is 0 Å². The van der Waals surface area contributed by atoms with Crippen molar-refractivity contribution in [3.8, 4) is 0 Å². The molecule has 2 atom stereocenters. The largest absolute Gasteiger partial charge is 0.330 e. The molecule has 2 nitrogen and oxygen atoms in total. The molecule has 0 aromatic heterocycles. The Morgan fingerprint density at radius 3 is 2.50 bits per heavy atom. The predicted octanol–water partition coefficient (Wildman–Crippen LogP) is 3.15. The zero-order chi connectivity index (χ0) is 13.1. The summed E-state index contributed by atoms with van der Waals surface area (Å²) in [7, 11) is 2.23. The number of nitrogens with zero attached hydrogens (tertiary/aromatic N) is 1. The Kier molecular flexibility index (Phi) is 4.41. The first kappa shape index (κ1) is 13.6. The lowest BCUT2D eigenvalue weighted by molar-refractivity contribution is 0.125. The maximum Gasteiger partial charge on any atom is 0.0385 e. The summed E-state index contributed by atoms with van der Waals surface area (Å²) in [5.41, 5.74) is 8.79. The van der Waals surface area contributed by atoms with E-state index in [1.54, 1.807) is 0 Å². The van der Waals surface area contributed by atoms with Crippen molar-refractivity contribution in [2.45, 2.75) is 38.6 Å². The number of rotatable bonds is 3. The average Bonchev–Trinajstić information content (AvgIpc) is 2.38. The van der Waals surface area contributed by atoms with Crippen LogP contribution in [-0.4, -0.2) is 25.0 Å². The molecule has 18 heavy (non-hydrogen) atoms. The highest BCUT2D eigenvalue weighted by atomic mass is 15.1. The number of hydrogen-bond donors (Lipinski definition) is 1. The summed E-state index contributed by atoms with van der Waals surface area (Å²) in [6, 6.07) is 9.64. The van der Waals surface area contributed by atoms with Gasteiger partial charge in [0.05, 0.1) is 0 Å². The Bertz CT molecular complexity index is 369. The number of piperidine rings is 1. The van der Waals surface area contributed by atoms with Crippen molar-refractivity contribution in [3.05, 3.63) is 35.4 Å². The Morgan fingerprint density at radius 1 is 1.28 bits per heavy atom. The highest BCUT2D eigenvalue weighted by Gasteiger charge is 2.29. The predicted molar refractivity (Wildman–Crippen MR) is 77.7 cm³/mol. The van der Waals surface area contributed by atoms with E-state index in [0.717, 1.165) is 6.54 Å². The molecule has 0 bridgehead atoms. The van der Waals surface area contributed by atoms with E-state index in [2.05, 4.69) is 50.1 Å². The van der Waals surface area contributed by atoms with Gasteiger partial charge in [0.1, 0.15) is 0 Å². The second kappa shape index (κ2) is 5.85. The normalized spacial score (nSPS) is 25.6.